The van der Waals surface area contributed by atoms with E-state index in [1.54, 1.807) is 18.3 Å². The largest absolute Gasteiger partial charge is 0.351 e. The van der Waals surface area contributed by atoms with Gasteiger partial charge in [-0.15, -0.1) is 0 Å². The third-order valence-electron chi connectivity index (χ3n) is 5.03. The summed E-state index contributed by atoms with van der Waals surface area (Å²) in [5.41, 5.74) is 2.60. The number of halogens is 1. The van der Waals surface area contributed by atoms with Gasteiger partial charge in [-0.2, -0.15) is 5.10 Å². The SMILES string of the molecule is O=C(NCc1ccccc1Cn1cccn1)C1(c2ccc(F)cc2)CC1. The number of carbonyl (C=O) groups excluding carboxylic acids is 1. The number of hydrogen-bond donors (Lipinski definition) is 1. The first-order valence-corrected chi connectivity index (χ1v) is 8.76. The number of rotatable bonds is 6. The lowest BCUT2D eigenvalue weighted by atomic mass is 9.94. The third kappa shape index (κ3) is 3.25. The van der Waals surface area contributed by atoms with Crippen LogP contribution < -0.4 is 5.32 Å². The van der Waals surface area contributed by atoms with Crippen LogP contribution >= 0.6 is 0 Å². The Labute approximate surface area is 151 Å². The number of amides is 1. The first-order valence-electron chi connectivity index (χ1n) is 8.76. The van der Waals surface area contributed by atoms with Crippen LogP contribution in [-0.4, -0.2) is 15.7 Å². The van der Waals surface area contributed by atoms with Gasteiger partial charge >= 0.3 is 0 Å². The van der Waals surface area contributed by atoms with Crippen LogP contribution in [0.1, 0.15) is 29.5 Å². The van der Waals surface area contributed by atoms with Crippen molar-refractivity contribution in [2.45, 2.75) is 31.3 Å². The molecule has 1 aliphatic rings. The molecule has 26 heavy (non-hydrogen) atoms. The van der Waals surface area contributed by atoms with Crippen molar-refractivity contribution < 1.29 is 9.18 Å². The standard InChI is InChI=1S/C21H20FN3O/c22-19-8-6-18(7-9-19)21(10-11-21)20(26)23-14-16-4-1-2-5-17(16)15-25-13-3-12-24-25/h1-9,12-13H,10-11,14-15H2,(H,23,26). The zero-order chi connectivity index (χ0) is 18.0. The average Bonchev–Trinajstić information content (AvgIpc) is 3.31. The molecule has 1 fully saturated rings. The number of aromatic nitrogens is 2. The van der Waals surface area contributed by atoms with E-state index in [1.165, 1.54) is 12.1 Å². The smallest absolute Gasteiger partial charge is 0.230 e. The molecule has 1 heterocycles. The summed E-state index contributed by atoms with van der Waals surface area (Å²) in [5.74, 6) is -0.268. The summed E-state index contributed by atoms with van der Waals surface area (Å²) < 4.78 is 15.0. The Morgan fingerprint density at radius 3 is 2.46 bits per heavy atom. The molecule has 0 aliphatic heterocycles. The van der Waals surface area contributed by atoms with Crippen molar-refractivity contribution in [3.63, 3.8) is 0 Å². The zero-order valence-corrected chi connectivity index (χ0v) is 14.4. The predicted molar refractivity (Wildman–Crippen MR) is 96.9 cm³/mol. The molecule has 1 N–H and O–H groups in total. The van der Waals surface area contributed by atoms with Gasteiger partial charge in [0.15, 0.2) is 0 Å². The van der Waals surface area contributed by atoms with Gasteiger partial charge in [-0.05, 0) is 47.7 Å². The van der Waals surface area contributed by atoms with E-state index >= 15 is 0 Å². The number of nitrogens with zero attached hydrogens (tertiary/aromatic N) is 2. The van der Waals surface area contributed by atoms with Gasteiger partial charge in [-0.25, -0.2) is 4.39 Å². The van der Waals surface area contributed by atoms with Gasteiger partial charge in [0.1, 0.15) is 5.82 Å². The zero-order valence-electron chi connectivity index (χ0n) is 14.4. The molecule has 0 bridgehead atoms. The maximum absolute atomic E-state index is 13.2. The highest BCUT2D eigenvalue weighted by Gasteiger charge is 2.51. The lowest BCUT2D eigenvalue weighted by molar-refractivity contribution is -0.123. The highest BCUT2D eigenvalue weighted by Crippen LogP contribution is 2.48. The molecule has 0 saturated heterocycles. The minimum atomic E-state index is -0.495. The molecular formula is C21H20FN3O. The van der Waals surface area contributed by atoms with Gasteiger partial charge in [0, 0.05) is 18.9 Å². The van der Waals surface area contributed by atoms with E-state index in [0.29, 0.717) is 13.1 Å². The topological polar surface area (TPSA) is 46.9 Å². The Bertz CT molecular complexity index is 899. The molecule has 0 atom stereocenters. The van der Waals surface area contributed by atoms with E-state index in [9.17, 15) is 9.18 Å². The first-order chi connectivity index (χ1) is 12.7. The van der Waals surface area contributed by atoms with Crippen LogP contribution in [0.4, 0.5) is 4.39 Å². The molecule has 0 spiro atoms. The molecule has 0 unspecified atom stereocenters. The Balaban J connectivity index is 1.46. The molecule has 4 nitrogen and oxygen atoms in total. The quantitative estimate of drug-likeness (QED) is 0.741. The normalized spacial score (nSPS) is 14.8. The number of carbonyl (C=O) groups is 1. The third-order valence-corrected chi connectivity index (χ3v) is 5.03. The molecule has 1 aromatic heterocycles. The van der Waals surface area contributed by atoms with Crippen LogP contribution in [0, 0.1) is 5.82 Å². The molecule has 3 aromatic rings. The summed E-state index contributed by atoms with van der Waals surface area (Å²) in [5, 5.41) is 7.32. The predicted octanol–water partition coefficient (Wildman–Crippen LogP) is 3.42. The fourth-order valence-electron chi connectivity index (χ4n) is 3.34. The molecule has 0 radical (unpaired) electrons. The fraction of sp³-hybridized carbons (Fsp3) is 0.238. The first kappa shape index (κ1) is 16.5. The Kier molecular flexibility index (Phi) is 4.29. The molecule has 2 aromatic carbocycles. The van der Waals surface area contributed by atoms with Crippen LogP contribution in [0.3, 0.4) is 0 Å². The van der Waals surface area contributed by atoms with Gasteiger partial charge in [-0.3, -0.25) is 9.48 Å². The summed E-state index contributed by atoms with van der Waals surface area (Å²) in [4.78, 5) is 12.8. The van der Waals surface area contributed by atoms with E-state index in [0.717, 1.165) is 29.5 Å². The molecule has 132 valence electrons. The number of nitrogens with one attached hydrogen (secondary N) is 1. The van der Waals surface area contributed by atoms with Crippen LogP contribution in [0.15, 0.2) is 67.0 Å². The molecule has 1 amide bonds. The molecule has 1 aliphatic carbocycles. The second-order valence-corrected chi connectivity index (χ2v) is 6.74. The van der Waals surface area contributed by atoms with Crippen molar-refractivity contribution in [1.82, 2.24) is 15.1 Å². The number of hydrogen-bond acceptors (Lipinski definition) is 2. The van der Waals surface area contributed by atoms with Crippen molar-refractivity contribution in [1.29, 1.82) is 0 Å². The molecule has 4 rings (SSSR count). The minimum absolute atomic E-state index is 0.0120. The van der Waals surface area contributed by atoms with Gasteiger partial charge in [-0.1, -0.05) is 36.4 Å². The van der Waals surface area contributed by atoms with E-state index in [4.69, 9.17) is 0 Å². The fourth-order valence-corrected chi connectivity index (χ4v) is 3.34. The van der Waals surface area contributed by atoms with E-state index in [1.807, 2.05) is 35.1 Å². The molecular weight excluding hydrogens is 329 g/mol. The molecule has 5 heteroatoms. The van der Waals surface area contributed by atoms with Gasteiger partial charge in [0.05, 0.1) is 12.0 Å². The average molecular weight is 349 g/mol. The highest BCUT2D eigenvalue weighted by molar-refractivity contribution is 5.91. The van der Waals surface area contributed by atoms with Gasteiger partial charge in [0.2, 0.25) is 5.91 Å². The molecule has 1 saturated carbocycles. The summed E-state index contributed by atoms with van der Waals surface area (Å²) in [6.07, 6.45) is 5.28. The maximum atomic E-state index is 13.2. The van der Waals surface area contributed by atoms with Crippen molar-refractivity contribution >= 4 is 5.91 Å². The van der Waals surface area contributed by atoms with Crippen LogP contribution in [0.5, 0.6) is 0 Å². The highest BCUT2D eigenvalue weighted by atomic mass is 19.1. The van der Waals surface area contributed by atoms with E-state index in [2.05, 4.69) is 16.5 Å². The van der Waals surface area contributed by atoms with Crippen molar-refractivity contribution in [3.8, 4) is 0 Å². The van der Waals surface area contributed by atoms with Crippen LogP contribution in [-0.2, 0) is 23.3 Å². The Morgan fingerprint density at radius 2 is 1.81 bits per heavy atom. The summed E-state index contributed by atoms with van der Waals surface area (Å²) >= 11 is 0. The van der Waals surface area contributed by atoms with Crippen molar-refractivity contribution in [3.05, 3.63) is 89.5 Å². The Morgan fingerprint density at radius 1 is 1.08 bits per heavy atom. The second-order valence-electron chi connectivity index (χ2n) is 6.74. The van der Waals surface area contributed by atoms with E-state index in [-0.39, 0.29) is 11.7 Å². The van der Waals surface area contributed by atoms with Gasteiger partial charge < -0.3 is 5.32 Å². The van der Waals surface area contributed by atoms with Crippen molar-refractivity contribution in [2.75, 3.05) is 0 Å². The minimum Gasteiger partial charge on any atom is -0.351 e. The summed E-state index contributed by atoms with van der Waals surface area (Å²) in [6.45, 7) is 1.14. The number of benzene rings is 2. The van der Waals surface area contributed by atoms with Crippen molar-refractivity contribution in [2.24, 2.45) is 0 Å². The summed E-state index contributed by atoms with van der Waals surface area (Å²) in [7, 11) is 0. The maximum Gasteiger partial charge on any atom is 0.230 e. The lowest BCUT2D eigenvalue weighted by Crippen LogP contribution is -2.34. The second kappa shape index (κ2) is 6.75. The van der Waals surface area contributed by atoms with Crippen LogP contribution in [0.2, 0.25) is 0 Å². The Hall–Kier alpha value is -2.95. The van der Waals surface area contributed by atoms with E-state index < -0.39 is 5.41 Å². The lowest BCUT2D eigenvalue weighted by Gasteiger charge is -2.17. The monoisotopic (exact) mass is 349 g/mol. The van der Waals surface area contributed by atoms with Crippen LogP contribution in [0.25, 0.3) is 0 Å². The van der Waals surface area contributed by atoms with Gasteiger partial charge in [0.25, 0.3) is 0 Å². The summed E-state index contributed by atoms with van der Waals surface area (Å²) in [6, 6.07) is 16.2.